The van der Waals surface area contributed by atoms with E-state index >= 15 is 0 Å². The Kier molecular flexibility index (Phi) is 7.16. The van der Waals surface area contributed by atoms with Crippen LogP contribution in [-0.2, 0) is 0 Å². The van der Waals surface area contributed by atoms with Crippen molar-refractivity contribution < 1.29 is 0 Å². The van der Waals surface area contributed by atoms with Gasteiger partial charge in [-0.2, -0.15) is 0 Å². The van der Waals surface area contributed by atoms with E-state index in [1.807, 2.05) is 0 Å². The minimum Gasteiger partial charge on any atom is -0.0648 e. The lowest BCUT2D eigenvalue weighted by Gasteiger charge is -2.43. The summed E-state index contributed by atoms with van der Waals surface area (Å²) >= 11 is 8.03. The number of aryl methyl sites for hydroxylation is 2. The molecular formula is C19H30Br2Si. The molecule has 0 aliphatic carbocycles. The fourth-order valence-corrected chi connectivity index (χ4v) is 16.2. The highest BCUT2D eigenvalue weighted by molar-refractivity contribution is 9.17. The van der Waals surface area contributed by atoms with E-state index in [-0.39, 0.29) is 0 Å². The monoisotopic (exact) mass is 444 g/mol. The van der Waals surface area contributed by atoms with E-state index in [1.165, 1.54) is 25.3 Å². The van der Waals surface area contributed by atoms with Crippen molar-refractivity contribution in [1.82, 2.24) is 0 Å². The highest BCUT2D eigenvalue weighted by Crippen LogP contribution is 2.52. The van der Waals surface area contributed by atoms with Gasteiger partial charge in [-0.3, -0.25) is 0 Å². The lowest BCUT2D eigenvalue weighted by Crippen LogP contribution is -2.45. The molecule has 0 aromatic heterocycles. The van der Waals surface area contributed by atoms with Crippen molar-refractivity contribution in [1.29, 1.82) is 0 Å². The summed E-state index contributed by atoms with van der Waals surface area (Å²) in [6, 6.07) is 6.54. The molecule has 0 bridgehead atoms. The maximum Gasteiger partial charge on any atom is 0.105 e. The first-order valence-electron chi connectivity index (χ1n) is 8.20. The molecule has 0 saturated heterocycles. The third-order valence-electron chi connectivity index (χ3n) is 5.14. The van der Waals surface area contributed by atoms with Gasteiger partial charge in [-0.05, 0) is 67.2 Å². The van der Waals surface area contributed by atoms with Gasteiger partial charge in [0.15, 0.2) is 0 Å². The SMILES string of the molecule is Cc1cccc(C)c1/C(Br)=C(/Br)[Si](C(C)C)(C(C)C)C(C)C. The lowest BCUT2D eigenvalue weighted by molar-refractivity contribution is 0.832. The van der Waals surface area contributed by atoms with Crippen LogP contribution in [0.1, 0.15) is 58.2 Å². The molecule has 0 radical (unpaired) electrons. The van der Waals surface area contributed by atoms with Gasteiger partial charge in [-0.15, -0.1) is 0 Å². The summed E-state index contributed by atoms with van der Waals surface area (Å²) in [5.41, 5.74) is 6.11. The van der Waals surface area contributed by atoms with Crippen LogP contribution in [0.4, 0.5) is 0 Å². The topological polar surface area (TPSA) is 0 Å². The molecule has 0 saturated carbocycles. The van der Waals surface area contributed by atoms with Crippen LogP contribution >= 0.6 is 31.9 Å². The number of benzene rings is 1. The van der Waals surface area contributed by atoms with Gasteiger partial charge >= 0.3 is 0 Å². The predicted octanol–water partition coefficient (Wildman–Crippen LogP) is 7.98. The predicted molar refractivity (Wildman–Crippen MR) is 112 cm³/mol. The van der Waals surface area contributed by atoms with Crippen LogP contribution in [0.3, 0.4) is 0 Å². The Bertz CT molecular complexity index is 515. The number of halogens is 2. The van der Waals surface area contributed by atoms with Gasteiger partial charge in [0.1, 0.15) is 8.07 Å². The van der Waals surface area contributed by atoms with Crippen LogP contribution in [0.25, 0.3) is 4.48 Å². The lowest BCUT2D eigenvalue weighted by atomic mass is 10.0. The third kappa shape index (κ3) is 3.46. The van der Waals surface area contributed by atoms with Crippen LogP contribution in [-0.4, -0.2) is 8.07 Å². The smallest absolute Gasteiger partial charge is 0.0648 e. The molecule has 0 unspecified atom stereocenters. The van der Waals surface area contributed by atoms with Crippen molar-refractivity contribution >= 4 is 44.4 Å². The molecule has 1 aromatic rings. The van der Waals surface area contributed by atoms with E-state index in [0.717, 1.165) is 0 Å². The molecule has 0 nitrogen and oxygen atoms in total. The fourth-order valence-electron chi connectivity index (χ4n) is 4.22. The Labute approximate surface area is 155 Å². The van der Waals surface area contributed by atoms with Crippen molar-refractivity contribution in [2.45, 2.75) is 72.0 Å². The second-order valence-corrected chi connectivity index (χ2v) is 15.4. The van der Waals surface area contributed by atoms with Crippen molar-refractivity contribution in [3.8, 4) is 0 Å². The first-order chi connectivity index (χ1) is 10.1. The van der Waals surface area contributed by atoms with Gasteiger partial charge in [0.25, 0.3) is 0 Å². The van der Waals surface area contributed by atoms with Crippen LogP contribution in [0.2, 0.25) is 16.6 Å². The Hall–Kier alpha value is 0.137. The van der Waals surface area contributed by atoms with Gasteiger partial charge < -0.3 is 0 Å². The molecule has 1 rings (SSSR count). The average molecular weight is 446 g/mol. The summed E-state index contributed by atoms with van der Waals surface area (Å²) in [6.07, 6.45) is 0. The van der Waals surface area contributed by atoms with Gasteiger partial charge in [0.05, 0.1) is 0 Å². The molecule has 0 fully saturated rings. The maximum absolute atomic E-state index is 4.07. The molecule has 0 aliphatic rings. The quantitative estimate of drug-likeness (QED) is 0.402. The molecule has 124 valence electrons. The van der Waals surface area contributed by atoms with E-state index in [9.17, 15) is 0 Å². The third-order valence-corrected chi connectivity index (χ3v) is 16.0. The van der Waals surface area contributed by atoms with Gasteiger partial charge in [0, 0.05) is 4.48 Å². The first-order valence-corrected chi connectivity index (χ1v) is 12.0. The fraction of sp³-hybridized carbons (Fsp3) is 0.579. The molecule has 0 aliphatic heterocycles. The summed E-state index contributed by atoms with van der Waals surface area (Å²) in [5.74, 6) is 0. The Balaban J connectivity index is 3.68. The highest BCUT2D eigenvalue weighted by Gasteiger charge is 2.46. The number of rotatable bonds is 5. The zero-order valence-corrected chi connectivity index (χ0v) is 19.4. The summed E-state index contributed by atoms with van der Waals surface area (Å²) in [7, 11) is -1.67. The van der Waals surface area contributed by atoms with E-state index in [2.05, 4.69) is 105 Å². The van der Waals surface area contributed by atoms with E-state index in [0.29, 0.717) is 16.6 Å². The van der Waals surface area contributed by atoms with Gasteiger partial charge in [0.2, 0.25) is 0 Å². The molecular weight excluding hydrogens is 416 g/mol. The van der Waals surface area contributed by atoms with Crippen molar-refractivity contribution in [3.05, 3.63) is 39.0 Å². The summed E-state index contributed by atoms with van der Waals surface area (Å²) in [5, 5.41) is 0. The van der Waals surface area contributed by atoms with Crippen LogP contribution < -0.4 is 0 Å². The molecule has 3 heteroatoms. The van der Waals surface area contributed by atoms with Crippen LogP contribution in [0.5, 0.6) is 0 Å². The molecule has 0 N–H and O–H groups in total. The summed E-state index contributed by atoms with van der Waals surface area (Å²) in [6.45, 7) is 18.8. The van der Waals surface area contributed by atoms with E-state index < -0.39 is 8.07 Å². The second-order valence-electron chi connectivity index (χ2n) is 7.29. The molecule has 0 heterocycles. The van der Waals surface area contributed by atoms with Crippen molar-refractivity contribution in [3.63, 3.8) is 0 Å². The van der Waals surface area contributed by atoms with Crippen molar-refractivity contribution in [2.24, 2.45) is 0 Å². The molecule has 0 amide bonds. The zero-order chi connectivity index (χ0) is 17.2. The van der Waals surface area contributed by atoms with E-state index in [4.69, 9.17) is 0 Å². The van der Waals surface area contributed by atoms with Gasteiger partial charge in [-0.25, -0.2) is 0 Å². The van der Waals surface area contributed by atoms with Crippen LogP contribution in [0.15, 0.2) is 22.3 Å². The molecule has 0 spiro atoms. The highest BCUT2D eigenvalue weighted by atomic mass is 79.9. The second kappa shape index (κ2) is 7.81. The first kappa shape index (κ1) is 20.2. The van der Waals surface area contributed by atoms with Gasteiger partial charge in [-0.1, -0.05) is 75.7 Å². The standard InChI is InChI=1S/C19H30Br2Si/c1-12(2)22(13(3)4,14(5)6)19(21)18(20)17-15(7)10-9-11-16(17)8/h9-14H,1-8H3/b19-18+. The maximum atomic E-state index is 4.07. The largest absolute Gasteiger partial charge is 0.105 e. The molecule has 22 heavy (non-hydrogen) atoms. The minimum absolute atomic E-state index is 0.693. The zero-order valence-electron chi connectivity index (χ0n) is 15.2. The molecule has 1 aromatic carbocycles. The number of hydrogen-bond acceptors (Lipinski definition) is 0. The summed E-state index contributed by atoms with van der Waals surface area (Å²) in [4.78, 5) is 0. The normalized spacial score (nSPS) is 14.0. The average Bonchev–Trinajstić information content (AvgIpc) is 2.37. The van der Waals surface area contributed by atoms with Crippen LogP contribution in [0, 0.1) is 13.8 Å². The molecule has 0 atom stereocenters. The van der Waals surface area contributed by atoms with Crippen molar-refractivity contribution in [2.75, 3.05) is 0 Å². The van der Waals surface area contributed by atoms with E-state index in [1.54, 1.807) is 0 Å². The summed E-state index contributed by atoms with van der Waals surface area (Å²) < 4.78 is 2.71. The Morgan fingerprint density at radius 1 is 0.818 bits per heavy atom. The Morgan fingerprint density at radius 2 is 1.18 bits per heavy atom. The number of hydrogen-bond donors (Lipinski definition) is 0. The minimum atomic E-state index is -1.67. The Morgan fingerprint density at radius 3 is 1.50 bits per heavy atom.